The van der Waals surface area contributed by atoms with E-state index < -0.39 is 5.91 Å². The number of hydrogen-bond donors (Lipinski definition) is 2. The Labute approximate surface area is 123 Å². The first-order chi connectivity index (χ1) is 9.09. The zero-order chi connectivity index (χ0) is 13.8. The molecule has 98 valence electrons. The van der Waals surface area contributed by atoms with Gasteiger partial charge in [-0.25, -0.2) is 0 Å². The molecule has 0 aliphatic carbocycles. The lowest BCUT2D eigenvalue weighted by atomic mass is 10.2. The van der Waals surface area contributed by atoms with Gasteiger partial charge < -0.3 is 4.42 Å². The molecule has 6 heteroatoms. The maximum absolute atomic E-state index is 11.9. The van der Waals surface area contributed by atoms with Gasteiger partial charge in [0.15, 0.2) is 0 Å². The van der Waals surface area contributed by atoms with Gasteiger partial charge in [-0.1, -0.05) is 12.1 Å². The molecule has 0 aliphatic rings. The molecule has 2 amide bonds. The van der Waals surface area contributed by atoms with E-state index in [1.165, 1.54) is 6.26 Å². The average Bonchev–Trinajstić information content (AvgIpc) is 2.82. The molecule has 0 spiro atoms. The summed E-state index contributed by atoms with van der Waals surface area (Å²) >= 11 is 2.06. The second-order valence-corrected chi connectivity index (χ2v) is 4.94. The van der Waals surface area contributed by atoms with Crippen LogP contribution in [-0.4, -0.2) is 11.8 Å². The van der Waals surface area contributed by atoms with Crippen molar-refractivity contribution in [2.75, 3.05) is 0 Å². The fourth-order valence-electron chi connectivity index (χ4n) is 1.51. The van der Waals surface area contributed by atoms with E-state index in [0.717, 1.165) is 3.57 Å². The van der Waals surface area contributed by atoms with Crippen molar-refractivity contribution in [1.29, 1.82) is 0 Å². The van der Waals surface area contributed by atoms with Crippen molar-refractivity contribution in [3.8, 4) is 0 Å². The third kappa shape index (κ3) is 3.14. The summed E-state index contributed by atoms with van der Waals surface area (Å²) in [5.41, 5.74) is 5.62. The van der Waals surface area contributed by atoms with Gasteiger partial charge in [-0.15, -0.1) is 0 Å². The summed E-state index contributed by atoms with van der Waals surface area (Å²) in [6, 6.07) is 8.65. The number of carbonyl (C=O) groups is 2. The first-order valence-electron chi connectivity index (χ1n) is 5.49. The van der Waals surface area contributed by atoms with E-state index in [0.29, 0.717) is 16.9 Å². The summed E-state index contributed by atoms with van der Waals surface area (Å²) < 4.78 is 5.83. The van der Waals surface area contributed by atoms with Crippen LogP contribution in [0.2, 0.25) is 0 Å². The van der Waals surface area contributed by atoms with E-state index >= 15 is 0 Å². The van der Waals surface area contributed by atoms with Crippen LogP contribution >= 0.6 is 22.6 Å². The highest BCUT2D eigenvalue weighted by molar-refractivity contribution is 14.1. The van der Waals surface area contributed by atoms with Crippen molar-refractivity contribution in [3.05, 3.63) is 57.1 Å². The van der Waals surface area contributed by atoms with Crippen molar-refractivity contribution in [2.45, 2.75) is 6.92 Å². The lowest BCUT2D eigenvalue weighted by Gasteiger charge is -2.07. The lowest BCUT2D eigenvalue weighted by molar-refractivity contribution is 0.0845. The van der Waals surface area contributed by atoms with E-state index in [9.17, 15) is 9.59 Å². The summed E-state index contributed by atoms with van der Waals surface area (Å²) in [5, 5.41) is 0. The van der Waals surface area contributed by atoms with Crippen LogP contribution in [0.3, 0.4) is 0 Å². The Kier molecular flexibility index (Phi) is 4.20. The number of halogens is 1. The largest absolute Gasteiger partial charge is 0.469 e. The zero-order valence-electron chi connectivity index (χ0n) is 10.1. The van der Waals surface area contributed by atoms with Crippen LogP contribution in [0.5, 0.6) is 0 Å². The normalized spacial score (nSPS) is 10.0. The number of furan rings is 1. The Morgan fingerprint density at radius 3 is 2.26 bits per heavy atom. The maximum Gasteiger partial charge on any atom is 0.273 e. The van der Waals surface area contributed by atoms with Crippen molar-refractivity contribution >= 4 is 34.4 Å². The molecule has 0 fully saturated rings. The van der Waals surface area contributed by atoms with Crippen LogP contribution in [0.25, 0.3) is 0 Å². The molecule has 0 saturated carbocycles. The Balaban J connectivity index is 2.00. The van der Waals surface area contributed by atoms with Gasteiger partial charge in [0.05, 0.1) is 17.4 Å². The molecule has 0 bridgehead atoms. The number of hydrazine groups is 1. The average molecular weight is 370 g/mol. The van der Waals surface area contributed by atoms with Gasteiger partial charge in [0.2, 0.25) is 0 Å². The standard InChI is InChI=1S/C13H11IN2O3/c1-8-9(6-7-19-8)12(17)15-16-13(18)10-4-2-3-5-11(10)14/h2-7H,1H3,(H,15,17)(H,16,18). The molecule has 19 heavy (non-hydrogen) atoms. The monoisotopic (exact) mass is 370 g/mol. The van der Waals surface area contributed by atoms with Crippen LogP contribution in [-0.2, 0) is 0 Å². The highest BCUT2D eigenvalue weighted by Crippen LogP contribution is 2.11. The number of rotatable bonds is 2. The first kappa shape index (κ1) is 13.6. The van der Waals surface area contributed by atoms with Gasteiger partial charge in [0.25, 0.3) is 11.8 Å². The summed E-state index contributed by atoms with van der Waals surface area (Å²) in [6.45, 7) is 1.68. The molecule has 0 unspecified atom stereocenters. The molecule has 0 radical (unpaired) electrons. The van der Waals surface area contributed by atoms with E-state index in [-0.39, 0.29) is 5.91 Å². The predicted octanol–water partition coefficient (Wildman–Crippen LogP) is 2.27. The number of amides is 2. The molecule has 1 aromatic carbocycles. The highest BCUT2D eigenvalue weighted by atomic mass is 127. The third-order valence-corrected chi connectivity index (χ3v) is 3.45. The minimum Gasteiger partial charge on any atom is -0.469 e. The van der Waals surface area contributed by atoms with Crippen LogP contribution in [0.4, 0.5) is 0 Å². The van der Waals surface area contributed by atoms with Crippen LogP contribution in [0.1, 0.15) is 26.5 Å². The smallest absolute Gasteiger partial charge is 0.273 e. The van der Waals surface area contributed by atoms with Gasteiger partial charge in [-0.3, -0.25) is 20.4 Å². The van der Waals surface area contributed by atoms with Gasteiger partial charge >= 0.3 is 0 Å². The second-order valence-electron chi connectivity index (χ2n) is 3.78. The fraction of sp³-hybridized carbons (Fsp3) is 0.0769. The van der Waals surface area contributed by atoms with Gasteiger partial charge in [-0.05, 0) is 47.7 Å². The number of hydrogen-bond acceptors (Lipinski definition) is 3. The van der Waals surface area contributed by atoms with Gasteiger partial charge in [0.1, 0.15) is 5.76 Å². The molecule has 1 heterocycles. The summed E-state index contributed by atoms with van der Waals surface area (Å²) in [7, 11) is 0. The second kappa shape index (κ2) is 5.87. The number of carbonyl (C=O) groups excluding carboxylic acids is 2. The van der Waals surface area contributed by atoms with Gasteiger partial charge in [-0.2, -0.15) is 0 Å². The number of nitrogens with one attached hydrogen (secondary N) is 2. The van der Waals surface area contributed by atoms with E-state index in [1.807, 2.05) is 12.1 Å². The fourth-order valence-corrected chi connectivity index (χ4v) is 2.15. The third-order valence-electron chi connectivity index (χ3n) is 2.51. The summed E-state index contributed by atoms with van der Waals surface area (Å²) in [4.78, 5) is 23.6. The quantitative estimate of drug-likeness (QED) is 0.630. The van der Waals surface area contributed by atoms with Crippen molar-refractivity contribution in [1.82, 2.24) is 10.9 Å². The SMILES string of the molecule is Cc1occc1C(=O)NNC(=O)c1ccccc1I. The van der Waals surface area contributed by atoms with Crippen molar-refractivity contribution in [3.63, 3.8) is 0 Å². The minimum absolute atomic E-state index is 0.362. The molecule has 0 atom stereocenters. The minimum atomic E-state index is -0.412. The molecular weight excluding hydrogens is 359 g/mol. The highest BCUT2D eigenvalue weighted by Gasteiger charge is 2.13. The van der Waals surface area contributed by atoms with E-state index in [4.69, 9.17) is 4.42 Å². The zero-order valence-corrected chi connectivity index (χ0v) is 12.2. The number of benzene rings is 1. The molecule has 5 nitrogen and oxygen atoms in total. The first-order valence-corrected chi connectivity index (χ1v) is 6.57. The molecule has 0 aliphatic heterocycles. The lowest BCUT2D eigenvalue weighted by Crippen LogP contribution is -2.42. The molecule has 2 aromatic rings. The van der Waals surface area contributed by atoms with Crippen LogP contribution in [0, 0.1) is 10.5 Å². The topological polar surface area (TPSA) is 71.3 Å². The van der Waals surface area contributed by atoms with E-state index in [2.05, 4.69) is 33.4 Å². The Bertz CT molecular complexity index is 622. The molecule has 0 saturated heterocycles. The Morgan fingerprint density at radius 2 is 1.68 bits per heavy atom. The number of aryl methyl sites for hydroxylation is 1. The molecular formula is C13H11IN2O3. The van der Waals surface area contributed by atoms with Crippen LogP contribution < -0.4 is 10.9 Å². The van der Waals surface area contributed by atoms with Gasteiger partial charge in [0, 0.05) is 3.57 Å². The van der Waals surface area contributed by atoms with Crippen LogP contribution in [0.15, 0.2) is 41.0 Å². The van der Waals surface area contributed by atoms with Crippen molar-refractivity contribution in [2.24, 2.45) is 0 Å². The molecule has 2 rings (SSSR count). The maximum atomic E-state index is 11.9. The summed E-state index contributed by atoms with van der Waals surface area (Å²) in [5.74, 6) is -0.272. The Hall–Kier alpha value is -1.83. The van der Waals surface area contributed by atoms with E-state index in [1.54, 1.807) is 25.1 Å². The predicted molar refractivity (Wildman–Crippen MR) is 77.5 cm³/mol. The molecule has 1 aromatic heterocycles. The summed E-state index contributed by atoms with van der Waals surface area (Å²) in [6.07, 6.45) is 1.42. The Morgan fingerprint density at radius 1 is 1.05 bits per heavy atom. The molecule has 2 N–H and O–H groups in total. The van der Waals surface area contributed by atoms with Crippen molar-refractivity contribution < 1.29 is 14.0 Å².